The number of hydrogen-bond acceptors (Lipinski definition) is 6. The Kier molecular flexibility index (Phi) is 5.99. The zero-order chi connectivity index (χ0) is 22.0. The van der Waals surface area contributed by atoms with Gasteiger partial charge in [0.25, 0.3) is 11.8 Å². The van der Waals surface area contributed by atoms with Crippen LogP contribution in [0.1, 0.15) is 46.5 Å². The van der Waals surface area contributed by atoms with E-state index in [1.165, 1.54) is 0 Å². The zero-order valence-corrected chi connectivity index (χ0v) is 17.7. The van der Waals surface area contributed by atoms with Gasteiger partial charge in [-0.1, -0.05) is 18.2 Å². The number of hydrogen-bond donors (Lipinski definition) is 1. The van der Waals surface area contributed by atoms with Crippen molar-refractivity contribution in [3.05, 3.63) is 59.3 Å². The molecule has 1 fully saturated rings. The van der Waals surface area contributed by atoms with Crippen molar-refractivity contribution in [3.8, 4) is 0 Å². The molecule has 3 amide bonds. The first-order chi connectivity index (χ1) is 14.9. The molecule has 0 bridgehead atoms. The van der Waals surface area contributed by atoms with Crippen molar-refractivity contribution in [2.24, 2.45) is 0 Å². The van der Waals surface area contributed by atoms with E-state index >= 15 is 0 Å². The Labute approximate surface area is 181 Å². The minimum Gasteiger partial charge on any atom is -0.372 e. The van der Waals surface area contributed by atoms with E-state index in [-0.39, 0.29) is 42.9 Å². The van der Waals surface area contributed by atoms with E-state index in [9.17, 15) is 14.4 Å². The fraction of sp³-hybridized carbons (Fsp3) is 0.391. The van der Waals surface area contributed by atoms with Gasteiger partial charge in [0.05, 0.1) is 23.3 Å². The molecule has 4 rings (SSSR count). The molecule has 2 aliphatic heterocycles. The third kappa shape index (κ3) is 4.59. The van der Waals surface area contributed by atoms with Gasteiger partial charge in [0.2, 0.25) is 5.91 Å². The Bertz CT molecular complexity index is 946. The standard InChI is InChI=1S/C23H26N4O4/c1-15-13-26(14-16(2)31-15)20-8-7-17(11-24-20)12-25-21(28)9-10-27-22(29)18-5-3-4-6-19(18)23(27)30/h3-8,11,15-16H,9-10,12-14H2,1-2H3,(H,25,28). The number of rotatable bonds is 6. The summed E-state index contributed by atoms with van der Waals surface area (Å²) in [5.74, 6) is -0.0287. The summed E-state index contributed by atoms with van der Waals surface area (Å²) in [7, 11) is 0. The number of anilines is 1. The predicted octanol–water partition coefficient (Wildman–Crippen LogP) is 2.00. The summed E-state index contributed by atoms with van der Waals surface area (Å²) in [5.41, 5.74) is 1.67. The number of imide groups is 1. The van der Waals surface area contributed by atoms with Gasteiger partial charge in [-0.3, -0.25) is 19.3 Å². The van der Waals surface area contributed by atoms with Crippen LogP contribution >= 0.6 is 0 Å². The lowest BCUT2D eigenvalue weighted by molar-refractivity contribution is -0.121. The maximum atomic E-state index is 12.4. The topological polar surface area (TPSA) is 91.8 Å². The summed E-state index contributed by atoms with van der Waals surface area (Å²) in [5, 5.41) is 2.83. The van der Waals surface area contributed by atoms with Crippen molar-refractivity contribution >= 4 is 23.5 Å². The quantitative estimate of drug-likeness (QED) is 0.716. The fourth-order valence-corrected chi connectivity index (χ4v) is 4.02. The van der Waals surface area contributed by atoms with E-state index < -0.39 is 0 Å². The summed E-state index contributed by atoms with van der Waals surface area (Å²) < 4.78 is 5.76. The molecule has 3 heterocycles. The highest BCUT2D eigenvalue weighted by Gasteiger charge is 2.34. The summed E-state index contributed by atoms with van der Waals surface area (Å²) in [6.07, 6.45) is 2.13. The molecule has 2 unspecified atom stereocenters. The number of amides is 3. The number of ether oxygens (including phenoxy) is 1. The monoisotopic (exact) mass is 422 g/mol. The van der Waals surface area contributed by atoms with E-state index in [0.29, 0.717) is 17.7 Å². The lowest BCUT2D eigenvalue weighted by Crippen LogP contribution is -2.45. The van der Waals surface area contributed by atoms with E-state index in [1.807, 2.05) is 12.1 Å². The predicted molar refractivity (Wildman–Crippen MR) is 115 cm³/mol. The smallest absolute Gasteiger partial charge is 0.261 e. The molecule has 1 N–H and O–H groups in total. The summed E-state index contributed by atoms with van der Waals surface area (Å²) in [4.78, 5) is 44.8. The maximum absolute atomic E-state index is 12.4. The van der Waals surface area contributed by atoms with Crippen LogP contribution in [-0.4, -0.2) is 59.4 Å². The molecule has 1 saturated heterocycles. The second-order valence-electron chi connectivity index (χ2n) is 8.02. The second kappa shape index (κ2) is 8.85. The van der Waals surface area contributed by atoms with Crippen molar-refractivity contribution < 1.29 is 19.1 Å². The molecule has 1 aromatic carbocycles. The van der Waals surface area contributed by atoms with Crippen molar-refractivity contribution in [3.63, 3.8) is 0 Å². The van der Waals surface area contributed by atoms with E-state index in [2.05, 4.69) is 29.0 Å². The van der Waals surface area contributed by atoms with Crippen LogP contribution < -0.4 is 10.2 Å². The number of pyridine rings is 1. The molecule has 0 spiro atoms. The number of carbonyl (C=O) groups excluding carboxylic acids is 3. The molecule has 2 atom stereocenters. The summed E-state index contributed by atoms with van der Waals surface area (Å²) in [6, 6.07) is 10.6. The first-order valence-electron chi connectivity index (χ1n) is 10.5. The molecule has 8 heteroatoms. The molecule has 31 heavy (non-hydrogen) atoms. The van der Waals surface area contributed by atoms with Crippen molar-refractivity contribution in [2.75, 3.05) is 24.5 Å². The number of nitrogens with one attached hydrogen (secondary N) is 1. The SMILES string of the molecule is CC1CN(c2ccc(CNC(=O)CCN3C(=O)c4ccccc4C3=O)cn2)CC(C)O1. The molecule has 2 aromatic rings. The average molecular weight is 422 g/mol. The Morgan fingerprint density at radius 2 is 1.71 bits per heavy atom. The van der Waals surface area contributed by atoms with Crippen LogP contribution in [0.25, 0.3) is 0 Å². The highest BCUT2D eigenvalue weighted by atomic mass is 16.5. The van der Waals surface area contributed by atoms with Crippen molar-refractivity contribution in [1.29, 1.82) is 0 Å². The van der Waals surface area contributed by atoms with Gasteiger partial charge in [0.1, 0.15) is 5.82 Å². The summed E-state index contributed by atoms with van der Waals surface area (Å²) in [6.45, 7) is 6.09. The Hall–Kier alpha value is -3.26. The van der Waals surface area contributed by atoms with E-state index in [4.69, 9.17) is 4.74 Å². The lowest BCUT2D eigenvalue weighted by Gasteiger charge is -2.36. The minimum atomic E-state index is -0.347. The van der Waals surface area contributed by atoms with Gasteiger partial charge in [-0.2, -0.15) is 0 Å². The van der Waals surface area contributed by atoms with Gasteiger partial charge < -0.3 is 15.0 Å². The van der Waals surface area contributed by atoms with E-state index in [0.717, 1.165) is 29.4 Å². The first-order valence-corrected chi connectivity index (χ1v) is 10.5. The van der Waals surface area contributed by atoms with Crippen molar-refractivity contribution in [2.45, 2.75) is 39.0 Å². The first kappa shape index (κ1) is 21.0. The average Bonchev–Trinajstić information content (AvgIpc) is 3.00. The maximum Gasteiger partial charge on any atom is 0.261 e. The van der Waals surface area contributed by atoms with Crippen molar-refractivity contribution in [1.82, 2.24) is 15.2 Å². The number of carbonyl (C=O) groups is 3. The third-order valence-corrected chi connectivity index (χ3v) is 5.48. The van der Waals surface area contributed by atoms with Gasteiger partial charge in [-0.25, -0.2) is 4.98 Å². The highest BCUT2D eigenvalue weighted by Crippen LogP contribution is 2.22. The molecule has 162 valence electrons. The van der Waals surface area contributed by atoms with Gasteiger partial charge in [-0.05, 0) is 37.6 Å². The number of benzene rings is 1. The molecular weight excluding hydrogens is 396 g/mol. The largest absolute Gasteiger partial charge is 0.372 e. The van der Waals surface area contributed by atoms with Gasteiger partial charge in [0.15, 0.2) is 0 Å². The minimum absolute atomic E-state index is 0.0561. The van der Waals surface area contributed by atoms with Crippen LogP contribution in [0.2, 0.25) is 0 Å². The lowest BCUT2D eigenvalue weighted by atomic mass is 10.1. The zero-order valence-electron chi connectivity index (χ0n) is 17.7. The number of morpholine rings is 1. The molecule has 8 nitrogen and oxygen atoms in total. The number of aromatic nitrogens is 1. The van der Waals surface area contributed by atoms with Gasteiger partial charge in [0, 0.05) is 38.8 Å². The van der Waals surface area contributed by atoms with Crippen LogP contribution in [0.3, 0.4) is 0 Å². The van der Waals surface area contributed by atoms with Gasteiger partial charge >= 0.3 is 0 Å². The normalized spacial score (nSPS) is 20.7. The molecule has 2 aliphatic rings. The van der Waals surface area contributed by atoms with Crippen LogP contribution in [-0.2, 0) is 16.1 Å². The number of nitrogens with zero attached hydrogens (tertiary/aromatic N) is 3. The Balaban J connectivity index is 1.26. The fourth-order valence-electron chi connectivity index (χ4n) is 4.02. The van der Waals surface area contributed by atoms with Gasteiger partial charge in [-0.15, -0.1) is 0 Å². The molecule has 1 aromatic heterocycles. The Morgan fingerprint density at radius 1 is 1.06 bits per heavy atom. The molecular formula is C23H26N4O4. The molecule has 0 saturated carbocycles. The van der Waals surface area contributed by atoms with Crippen LogP contribution in [0.5, 0.6) is 0 Å². The van der Waals surface area contributed by atoms with E-state index in [1.54, 1.807) is 30.5 Å². The van der Waals surface area contributed by atoms with Crippen LogP contribution in [0, 0.1) is 0 Å². The Morgan fingerprint density at radius 3 is 2.29 bits per heavy atom. The molecule has 0 radical (unpaired) electrons. The number of fused-ring (bicyclic) bond motifs is 1. The third-order valence-electron chi connectivity index (χ3n) is 5.48. The van der Waals surface area contributed by atoms with Crippen LogP contribution in [0.4, 0.5) is 5.82 Å². The second-order valence-corrected chi connectivity index (χ2v) is 8.02. The highest BCUT2D eigenvalue weighted by molar-refractivity contribution is 6.21. The summed E-state index contributed by atoms with van der Waals surface area (Å²) >= 11 is 0. The van der Waals surface area contributed by atoms with Crippen LogP contribution in [0.15, 0.2) is 42.6 Å². The molecule has 0 aliphatic carbocycles.